The second-order valence-corrected chi connectivity index (χ2v) is 5.16. The predicted octanol–water partition coefficient (Wildman–Crippen LogP) is 3.65. The maximum absolute atomic E-state index is 3.41. The average molecular weight is 237 g/mol. The van der Waals surface area contributed by atoms with Gasteiger partial charge in [0.1, 0.15) is 0 Å². The number of hydrogen-bond donors (Lipinski definition) is 1. The maximum Gasteiger partial charge on any atom is 0.0409 e. The lowest BCUT2D eigenvalue weighted by Gasteiger charge is -2.17. The molecule has 1 atom stereocenters. The molecule has 0 saturated heterocycles. The molecule has 16 heavy (non-hydrogen) atoms. The Balaban J connectivity index is 2.62. The minimum absolute atomic E-state index is 0.489. The van der Waals surface area contributed by atoms with Crippen LogP contribution < -0.4 is 5.32 Å². The Morgan fingerprint density at radius 2 is 2.12 bits per heavy atom. The van der Waals surface area contributed by atoms with Crippen LogP contribution in [0, 0.1) is 0 Å². The summed E-state index contributed by atoms with van der Waals surface area (Å²) in [5.41, 5.74) is 2.85. The summed E-state index contributed by atoms with van der Waals surface area (Å²) in [6.07, 6.45) is 2.38. The topological polar surface area (TPSA) is 12.0 Å². The van der Waals surface area contributed by atoms with Gasteiger partial charge in [-0.05, 0) is 36.8 Å². The summed E-state index contributed by atoms with van der Waals surface area (Å²) in [5, 5.41) is 3.41. The van der Waals surface area contributed by atoms with Crippen molar-refractivity contribution in [1.29, 1.82) is 0 Å². The molecule has 0 spiro atoms. The Hall–Kier alpha value is -0.470. The third kappa shape index (κ3) is 4.18. The van der Waals surface area contributed by atoms with Gasteiger partial charge >= 0.3 is 0 Å². The third-order valence-corrected chi connectivity index (χ3v) is 4.01. The molecule has 0 saturated carbocycles. The molecule has 1 rings (SSSR count). The number of nitrogens with one attached hydrogen (secondary N) is 1. The van der Waals surface area contributed by atoms with Gasteiger partial charge < -0.3 is 5.32 Å². The fourth-order valence-electron chi connectivity index (χ4n) is 1.72. The Morgan fingerprint density at radius 3 is 2.75 bits per heavy atom. The lowest BCUT2D eigenvalue weighted by Crippen LogP contribution is -2.19. The van der Waals surface area contributed by atoms with E-state index in [2.05, 4.69) is 50.5 Å². The van der Waals surface area contributed by atoms with Crippen LogP contribution in [0.15, 0.2) is 24.3 Å². The molecule has 0 fully saturated rings. The van der Waals surface area contributed by atoms with Crippen molar-refractivity contribution in [3.05, 3.63) is 35.4 Å². The van der Waals surface area contributed by atoms with Gasteiger partial charge in [0.25, 0.3) is 0 Å². The van der Waals surface area contributed by atoms with Crippen LogP contribution in [-0.4, -0.2) is 18.6 Å². The third-order valence-electron chi connectivity index (χ3n) is 2.74. The van der Waals surface area contributed by atoms with E-state index in [0.717, 1.165) is 12.2 Å². The van der Waals surface area contributed by atoms with Crippen LogP contribution in [0.25, 0.3) is 0 Å². The van der Waals surface area contributed by atoms with E-state index >= 15 is 0 Å². The van der Waals surface area contributed by atoms with Gasteiger partial charge in [0.2, 0.25) is 0 Å². The quantitative estimate of drug-likeness (QED) is 0.726. The van der Waals surface area contributed by atoms with E-state index in [1.165, 1.54) is 23.3 Å². The number of hydrogen-bond acceptors (Lipinski definition) is 2. The van der Waals surface area contributed by atoms with Gasteiger partial charge in [-0.25, -0.2) is 0 Å². The van der Waals surface area contributed by atoms with Gasteiger partial charge in [0.05, 0.1) is 0 Å². The summed E-state index contributed by atoms with van der Waals surface area (Å²) in [7, 11) is 2.05. The van der Waals surface area contributed by atoms with Crippen molar-refractivity contribution in [3.63, 3.8) is 0 Å². The first kappa shape index (κ1) is 13.6. The van der Waals surface area contributed by atoms with Crippen LogP contribution in [-0.2, 0) is 6.42 Å². The van der Waals surface area contributed by atoms with Crippen molar-refractivity contribution < 1.29 is 0 Å². The molecule has 1 aromatic carbocycles. The first-order valence-corrected chi connectivity index (χ1v) is 7.31. The van der Waals surface area contributed by atoms with E-state index in [4.69, 9.17) is 0 Å². The van der Waals surface area contributed by atoms with Crippen molar-refractivity contribution in [2.45, 2.75) is 32.7 Å². The van der Waals surface area contributed by atoms with E-state index in [-0.39, 0.29) is 0 Å². The Kier molecular flexibility index (Phi) is 6.58. The van der Waals surface area contributed by atoms with Crippen LogP contribution in [0.3, 0.4) is 0 Å². The van der Waals surface area contributed by atoms with Crippen molar-refractivity contribution in [2.75, 3.05) is 18.6 Å². The van der Waals surface area contributed by atoms with Crippen LogP contribution >= 0.6 is 11.8 Å². The monoisotopic (exact) mass is 237 g/mol. The van der Waals surface area contributed by atoms with Crippen molar-refractivity contribution in [2.24, 2.45) is 0 Å². The first-order valence-electron chi connectivity index (χ1n) is 6.15. The van der Waals surface area contributed by atoms with Crippen LogP contribution in [0.2, 0.25) is 0 Å². The Labute approximate surface area is 104 Å². The van der Waals surface area contributed by atoms with E-state index < -0.39 is 0 Å². The predicted molar refractivity (Wildman–Crippen MR) is 75.2 cm³/mol. The van der Waals surface area contributed by atoms with Crippen molar-refractivity contribution >= 4 is 11.8 Å². The molecular formula is C14H23NS. The summed E-state index contributed by atoms with van der Waals surface area (Å²) in [6, 6.07) is 9.42. The summed E-state index contributed by atoms with van der Waals surface area (Å²) in [6.45, 7) is 4.44. The van der Waals surface area contributed by atoms with Crippen molar-refractivity contribution in [1.82, 2.24) is 5.32 Å². The highest BCUT2D eigenvalue weighted by Gasteiger charge is 2.08. The van der Waals surface area contributed by atoms with E-state index in [9.17, 15) is 0 Å². The highest BCUT2D eigenvalue weighted by Crippen LogP contribution is 2.19. The average Bonchev–Trinajstić information content (AvgIpc) is 2.35. The second-order valence-electron chi connectivity index (χ2n) is 4.01. The molecule has 0 amide bonds. The smallest absolute Gasteiger partial charge is 0.0409 e. The zero-order valence-corrected chi connectivity index (χ0v) is 11.4. The first-order chi connectivity index (χ1) is 7.81. The molecule has 0 heterocycles. The number of aryl methyl sites for hydroxylation is 1. The summed E-state index contributed by atoms with van der Waals surface area (Å²) in [4.78, 5) is 0. The highest BCUT2D eigenvalue weighted by atomic mass is 32.2. The minimum atomic E-state index is 0.489. The molecule has 0 aliphatic carbocycles. The van der Waals surface area contributed by atoms with Gasteiger partial charge in [-0.2, -0.15) is 11.8 Å². The number of rotatable bonds is 7. The molecule has 1 N–H and O–H groups in total. The Bertz CT molecular complexity index is 299. The zero-order chi connectivity index (χ0) is 11.8. The molecule has 1 aromatic rings. The lowest BCUT2D eigenvalue weighted by atomic mass is 10.0. The van der Waals surface area contributed by atoms with Gasteiger partial charge in [0.15, 0.2) is 0 Å². The Morgan fingerprint density at radius 1 is 1.31 bits per heavy atom. The maximum atomic E-state index is 3.41. The van der Waals surface area contributed by atoms with Gasteiger partial charge in [-0.3, -0.25) is 0 Å². The molecule has 0 radical (unpaired) electrons. The molecule has 0 aliphatic rings. The van der Waals surface area contributed by atoms with E-state index in [1.54, 1.807) is 0 Å². The van der Waals surface area contributed by atoms with Crippen LogP contribution in [0.4, 0.5) is 0 Å². The normalized spacial score (nSPS) is 12.7. The fraction of sp³-hybridized carbons (Fsp3) is 0.571. The second kappa shape index (κ2) is 7.75. The molecule has 0 aliphatic heterocycles. The fourth-order valence-corrected chi connectivity index (χ4v) is 2.77. The number of thioether (sulfide) groups is 1. The van der Waals surface area contributed by atoms with Gasteiger partial charge in [-0.1, -0.05) is 38.1 Å². The number of benzene rings is 1. The molecule has 0 aromatic heterocycles. The molecular weight excluding hydrogens is 214 g/mol. The SMILES string of the molecule is CCCSCC(NC)c1cccc(CC)c1. The van der Waals surface area contributed by atoms with Gasteiger partial charge in [0, 0.05) is 11.8 Å². The largest absolute Gasteiger partial charge is 0.312 e. The highest BCUT2D eigenvalue weighted by molar-refractivity contribution is 7.99. The molecule has 0 bridgehead atoms. The summed E-state index contributed by atoms with van der Waals surface area (Å²) in [5.74, 6) is 2.42. The molecule has 1 nitrogen and oxygen atoms in total. The van der Waals surface area contributed by atoms with Crippen molar-refractivity contribution in [3.8, 4) is 0 Å². The molecule has 2 heteroatoms. The summed E-state index contributed by atoms with van der Waals surface area (Å²) < 4.78 is 0. The summed E-state index contributed by atoms with van der Waals surface area (Å²) >= 11 is 2.03. The minimum Gasteiger partial charge on any atom is -0.312 e. The van der Waals surface area contributed by atoms with Crippen LogP contribution in [0.1, 0.15) is 37.4 Å². The standard InChI is InChI=1S/C14H23NS/c1-4-9-16-11-14(15-3)13-8-6-7-12(5-2)10-13/h6-8,10,14-15H,4-5,9,11H2,1-3H3. The zero-order valence-electron chi connectivity index (χ0n) is 10.6. The van der Waals surface area contributed by atoms with Gasteiger partial charge in [-0.15, -0.1) is 0 Å². The molecule has 1 unspecified atom stereocenters. The molecule has 90 valence electrons. The van der Waals surface area contributed by atoms with E-state index in [0.29, 0.717) is 6.04 Å². The van der Waals surface area contributed by atoms with Crippen LogP contribution in [0.5, 0.6) is 0 Å². The lowest BCUT2D eigenvalue weighted by molar-refractivity contribution is 0.661. The van der Waals surface area contributed by atoms with E-state index in [1.807, 2.05) is 11.8 Å².